The second kappa shape index (κ2) is 14.7. The number of fused-ring (bicyclic) bond motifs is 1. The quantitative estimate of drug-likeness (QED) is 0.445. The van der Waals surface area contributed by atoms with Crippen LogP contribution in [0.4, 0.5) is 16.2 Å². The van der Waals surface area contributed by atoms with E-state index in [-0.39, 0.29) is 30.6 Å². The summed E-state index contributed by atoms with van der Waals surface area (Å²) < 4.78 is 12.4. The summed E-state index contributed by atoms with van der Waals surface area (Å²) in [6.07, 6.45) is 2.49. The summed E-state index contributed by atoms with van der Waals surface area (Å²) >= 11 is 0. The minimum atomic E-state index is -0.420. The number of carbonyl (C=O) groups excluding carboxylic acids is 2. The van der Waals surface area contributed by atoms with Crippen LogP contribution in [-0.2, 0) is 4.74 Å². The largest absolute Gasteiger partial charge is 0.490 e. The van der Waals surface area contributed by atoms with E-state index in [1.54, 1.807) is 35.2 Å². The predicted molar refractivity (Wildman–Crippen MR) is 150 cm³/mol. The Kier molecular flexibility index (Phi) is 11.4. The van der Waals surface area contributed by atoms with Crippen LogP contribution in [0.5, 0.6) is 5.75 Å². The number of hydrogen-bond donors (Lipinski definition) is 4. The molecule has 208 valence electrons. The van der Waals surface area contributed by atoms with Gasteiger partial charge in [0, 0.05) is 37.0 Å². The molecule has 9 nitrogen and oxygen atoms in total. The molecule has 4 N–H and O–H groups in total. The molecule has 3 amide bonds. The second-order valence-corrected chi connectivity index (χ2v) is 10.0. The summed E-state index contributed by atoms with van der Waals surface area (Å²) in [6, 6.07) is 13.4. The molecule has 0 spiro atoms. The average molecular weight is 527 g/mol. The first-order chi connectivity index (χ1) is 18.3. The van der Waals surface area contributed by atoms with Crippen molar-refractivity contribution in [1.29, 1.82) is 0 Å². The van der Waals surface area contributed by atoms with E-state index in [2.05, 4.69) is 22.9 Å². The third-order valence-corrected chi connectivity index (χ3v) is 6.75. The molecule has 2 aromatic rings. The number of benzene rings is 2. The maximum atomic E-state index is 14.0. The highest BCUT2D eigenvalue weighted by Gasteiger charge is 2.29. The van der Waals surface area contributed by atoms with Crippen molar-refractivity contribution in [3.05, 3.63) is 54.1 Å². The van der Waals surface area contributed by atoms with Crippen molar-refractivity contribution in [3.8, 4) is 5.75 Å². The third-order valence-electron chi connectivity index (χ3n) is 6.75. The Morgan fingerprint density at radius 3 is 2.55 bits per heavy atom. The van der Waals surface area contributed by atoms with Gasteiger partial charge in [-0.25, -0.2) is 4.79 Å². The van der Waals surface area contributed by atoms with Crippen molar-refractivity contribution in [2.75, 3.05) is 44.0 Å². The molecule has 4 atom stereocenters. The zero-order valence-electron chi connectivity index (χ0n) is 22.9. The van der Waals surface area contributed by atoms with Crippen molar-refractivity contribution in [3.63, 3.8) is 0 Å². The maximum absolute atomic E-state index is 14.0. The molecule has 0 bridgehead atoms. The highest BCUT2D eigenvalue weighted by atomic mass is 16.5. The zero-order valence-corrected chi connectivity index (χ0v) is 22.9. The van der Waals surface area contributed by atoms with Gasteiger partial charge in [0.15, 0.2) is 0 Å². The summed E-state index contributed by atoms with van der Waals surface area (Å²) in [6.45, 7) is 7.39. The molecular weight excluding hydrogens is 484 g/mol. The number of para-hydroxylation sites is 1. The number of likely N-dealkylation sites (N-methyl/N-ethyl adjacent to an activating group) is 1. The van der Waals surface area contributed by atoms with Gasteiger partial charge in [-0.3, -0.25) is 4.79 Å². The number of aliphatic hydroxyl groups is 1. The first-order valence-electron chi connectivity index (χ1n) is 13.4. The topological polar surface area (TPSA) is 112 Å². The smallest absolute Gasteiger partial charge is 0.323 e. The molecule has 38 heavy (non-hydrogen) atoms. The summed E-state index contributed by atoms with van der Waals surface area (Å²) in [4.78, 5) is 28.3. The van der Waals surface area contributed by atoms with Crippen LogP contribution in [0.3, 0.4) is 0 Å². The zero-order chi connectivity index (χ0) is 27.5. The normalized spacial score (nSPS) is 22.0. The van der Waals surface area contributed by atoms with Gasteiger partial charge in [0.2, 0.25) is 0 Å². The monoisotopic (exact) mass is 526 g/mol. The van der Waals surface area contributed by atoms with Crippen LogP contribution in [0, 0.1) is 5.92 Å². The summed E-state index contributed by atoms with van der Waals surface area (Å²) in [5.41, 5.74) is 1.46. The summed E-state index contributed by atoms with van der Waals surface area (Å²) in [5, 5.41) is 18.8. The van der Waals surface area contributed by atoms with Gasteiger partial charge in [-0.1, -0.05) is 25.1 Å². The Morgan fingerprint density at radius 2 is 1.84 bits per heavy atom. The molecular formula is C29H42N4O5. The van der Waals surface area contributed by atoms with Crippen LogP contribution < -0.4 is 20.7 Å². The summed E-state index contributed by atoms with van der Waals surface area (Å²) in [7, 11) is 1.89. The number of nitrogens with zero attached hydrogens (tertiary/aromatic N) is 1. The molecule has 0 radical (unpaired) electrons. The molecule has 0 saturated carbocycles. The van der Waals surface area contributed by atoms with Crippen LogP contribution in [0.2, 0.25) is 0 Å². The van der Waals surface area contributed by atoms with Crippen LogP contribution in [0.1, 0.15) is 50.4 Å². The Labute approximate surface area is 225 Å². The molecule has 0 fully saturated rings. The number of nitrogens with one attached hydrogen (secondary N) is 3. The highest BCUT2D eigenvalue weighted by Crippen LogP contribution is 2.28. The molecule has 2 aromatic carbocycles. The lowest BCUT2D eigenvalue weighted by Crippen LogP contribution is -2.47. The Hall–Kier alpha value is -3.14. The number of rotatable bonds is 6. The van der Waals surface area contributed by atoms with Gasteiger partial charge in [0.05, 0.1) is 30.4 Å². The van der Waals surface area contributed by atoms with Gasteiger partial charge in [-0.2, -0.15) is 0 Å². The van der Waals surface area contributed by atoms with Gasteiger partial charge in [0.25, 0.3) is 5.91 Å². The number of anilines is 2. The maximum Gasteiger partial charge on any atom is 0.323 e. The minimum absolute atomic E-state index is 0.0181. The Morgan fingerprint density at radius 1 is 1.11 bits per heavy atom. The van der Waals surface area contributed by atoms with Crippen molar-refractivity contribution in [2.24, 2.45) is 5.92 Å². The van der Waals surface area contributed by atoms with Gasteiger partial charge in [-0.15, -0.1) is 0 Å². The van der Waals surface area contributed by atoms with Gasteiger partial charge >= 0.3 is 6.03 Å². The lowest BCUT2D eigenvalue weighted by Gasteiger charge is -2.34. The standard InChI is InChI=1S/C29H42N4O5/c1-20-18-33(21(2)19-34)28(35)25-16-24(32-29(36)31-23-11-6-5-7-12-23)13-14-26(25)38-22(3)10-8-9-15-37-27(20)17-30-4/h5-7,11-14,16,20-22,27,30,34H,8-10,15,17-19H2,1-4H3,(H2,31,32,36)/t20-,21-,22-,27+/m1/s1. The van der Waals surface area contributed by atoms with E-state index in [1.165, 1.54) is 0 Å². The molecule has 1 aliphatic rings. The molecule has 0 saturated heterocycles. The van der Waals surface area contributed by atoms with Crippen LogP contribution in [-0.4, -0.2) is 73.5 Å². The van der Waals surface area contributed by atoms with E-state index < -0.39 is 12.1 Å². The summed E-state index contributed by atoms with van der Waals surface area (Å²) in [5.74, 6) is 0.206. The minimum Gasteiger partial charge on any atom is -0.490 e. The van der Waals surface area contributed by atoms with Gasteiger partial charge in [0.1, 0.15) is 5.75 Å². The highest BCUT2D eigenvalue weighted by molar-refractivity contribution is 6.02. The number of hydrogen-bond acceptors (Lipinski definition) is 6. The molecule has 0 aliphatic carbocycles. The SMILES string of the molecule is CNC[C@@H]1OCCCC[C@@H](C)Oc2ccc(NC(=O)Nc3ccccc3)cc2C(=O)N([C@H](C)CO)C[C@H]1C. The van der Waals surface area contributed by atoms with E-state index in [1.807, 2.05) is 39.1 Å². The van der Waals surface area contributed by atoms with Crippen molar-refractivity contribution < 1.29 is 24.2 Å². The molecule has 0 unspecified atom stereocenters. The molecule has 1 heterocycles. The van der Waals surface area contributed by atoms with Crippen LogP contribution >= 0.6 is 0 Å². The number of aliphatic hydroxyl groups excluding tert-OH is 1. The number of carbonyl (C=O) groups is 2. The van der Waals surface area contributed by atoms with E-state index in [4.69, 9.17) is 9.47 Å². The van der Waals surface area contributed by atoms with Crippen molar-refractivity contribution in [2.45, 2.75) is 58.3 Å². The number of amides is 3. The van der Waals surface area contributed by atoms with E-state index in [0.717, 1.165) is 19.3 Å². The average Bonchev–Trinajstić information content (AvgIpc) is 2.90. The fourth-order valence-electron chi connectivity index (χ4n) is 4.51. The van der Waals surface area contributed by atoms with Crippen molar-refractivity contribution >= 4 is 23.3 Å². The third kappa shape index (κ3) is 8.44. The Balaban J connectivity index is 1.93. The Bertz CT molecular complexity index is 1030. The predicted octanol–water partition coefficient (Wildman–Crippen LogP) is 4.35. The first kappa shape index (κ1) is 29.4. The first-order valence-corrected chi connectivity index (χ1v) is 13.4. The van der Waals surface area contributed by atoms with E-state index in [0.29, 0.717) is 42.4 Å². The lowest BCUT2D eigenvalue weighted by molar-refractivity contribution is -0.000450. The fourth-order valence-corrected chi connectivity index (χ4v) is 4.51. The molecule has 3 rings (SSSR count). The second-order valence-electron chi connectivity index (χ2n) is 10.0. The van der Waals surface area contributed by atoms with E-state index >= 15 is 0 Å². The molecule has 9 heteroatoms. The fraction of sp³-hybridized carbons (Fsp3) is 0.517. The number of urea groups is 1. The molecule has 1 aliphatic heterocycles. The molecule has 0 aromatic heterocycles. The van der Waals surface area contributed by atoms with Gasteiger partial charge in [-0.05, 0) is 70.5 Å². The van der Waals surface area contributed by atoms with Crippen LogP contribution in [0.15, 0.2) is 48.5 Å². The van der Waals surface area contributed by atoms with Crippen LogP contribution in [0.25, 0.3) is 0 Å². The van der Waals surface area contributed by atoms with Gasteiger partial charge < -0.3 is 35.4 Å². The lowest BCUT2D eigenvalue weighted by atomic mass is 10.0. The van der Waals surface area contributed by atoms with Crippen molar-refractivity contribution in [1.82, 2.24) is 10.2 Å². The number of ether oxygens (including phenoxy) is 2. The van der Waals surface area contributed by atoms with E-state index in [9.17, 15) is 14.7 Å².